The minimum absolute atomic E-state index is 0.195. The Balaban J connectivity index is 3.32. The summed E-state index contributed by atoms with van der Waals surface area (Å²) < 4.78 is 17.8. The number of ether oxygens (including phenoxy) is 1. The number of hydrogen-bond donors (Lipinski definition) is 1. The minimum Gasteiger partial charge on any atom is -0.468 e. The van der Waals surface area contributed by atoms with Crippen LogP contribution in [0.2, 0.25) is 5.02 Å². The third-order valence-corrected chi connectivity index (χ3v) is 2.87. The van der Waals surface area contributed by atoms with E-state index in [-0.39, 0.29) is 6.54 Å². The van der Waals surface area contributed by atoms with Crippen LogP contribution in [-0.2, 0) is 14.9 Å². The van der Waals surface area contributed by atoms with Crippen LogP contribution >= 0.6 is 11.6 Å². The molecule has 0 fully saturated rings. The van der Waals surface area contributed by atoms with Crippen molar-refractivity contribution in [1.82, 2.24) is 0 Å². The fourth-order valence-electron chi connectivity index (χ4n) is 1.53. The third kappa shape index (κ3) is 2.03. The van der Waals surface area contributed by atoms with E-state index < -0.39 is 18.1 Å². The predicted molar refractivity (Wildman–Crippen MR) is 60.2 cm³/mol. The topological polar surface area (TPSA) is 52.3 Å². The fourth-order valence-corrected chi connectivity index (χ4v) is 1.85. The lowest BCUT2D eigenvalue weighted by Crippen LogP contribution is -2.46. The Morgan fingerprint density at radius 2 is 2.19 bits per heavy atom. The van der Waals surface area contributed by atoms with Crippen molar-refractivity contribution in [2.75, 3.05) is 20.3 Å². The summed E-state index contributed by atoms with van der Waals surface area (Å²) in [5.41, 5.74) is 4.34. The van der Waals surface area contributed by atoms with E-state index in [4.69, 9.17) is 17.3 Å². The fraction of sp³-hybridized carbons (Fsp3) is 0.364. The number of hydrogen-bond acceptors (Lipinski definition) is 3. The van der Waals surface area contributed by atoms with E-state index in [1.54, 1.807) is 24.3 Å². The van der Waals surface area contributed by atoms with Gasteiger partial charge in [0.25, 0.3) is 0 Å². The highest BCUT2D eigenvalue weighted by Gasteiger charge is 2.42. The first-order valence-corrected chi connectivity index (χ1v) is 5.09. The van der Waals surface area contributed by atoms with Crippen LogP contribution in [0.5, 0.6) is 0 Å². The van der Waals surface area contributed by atoms with Gasteiger partial charge in [-0.3, -0.25) is 4.79 Å². The maximum absolute atomic E-state index is 13.2. The van der Waals surface area contributed by atoms with E-state index in [1.807, 2.05) is 0 Å². The zero-order valence-electron chi connectivity index (χ0n) is 8.87. The van der Waals surface area contributed by atoms with Gasteiger partial charge in [0.15, 0.2) is 0 Å². The monoisotopic (exact) mass is 245 g/mol. The van der Waals surface area contributed by atoms with Gasteiger partial charge in [-0.2, -0.15) is 0 Å². The summed E-state index contributed by atoms with van der Waals surface area (Å²) in [6.07, 6.45) is 0. The predicted octanol–water partition coefficient (Wildman–Crippen LogP) is 1.68. The molecule has 1 aromatic carbocycles. The Morgan fingerprint density at radius 1 is 1.56 bits per heavy atom. The van der Waals surface area contributed by atoms with Crippen molar-refractivity contribution in [2.24, 2.45) is 5.73 Å². The highest BCUT2D eigenvalue weighted by atomic mass is 35.5. The molecule has 1 atom stereocenters. The van der Waals surface area contributed by atoms with Crippen LogP contribution in [0.25, 0.3) is 0 Å². The first kappa shape index (κ1) is 12.9. The lowest BCUT2D eigenvalue weighted by Gasteiger charge is -2.27. The van der Waals surface area contributed by atoms with E-state index in [1.165, 1.54) is 7.11 Å². The summed E-state index contributed by atoms with van der Waals surface area (Å²) in [5.74, 6) is -0.717. The third-order valence-electron chi connectivity index (χ3n) is 2.54. The summed E-state index contributed by atoms with van der Waals surface area (Å²) in [7, 11) is 1.19. The van der Waals surface area contributed by atoms with Crippen LogP contribution in [0, 0.1) is 0 Å². The number of halogens is 2. The molecule has 0 heterocycles. The Morgan fingerprint density at radius 3 is 2.62 bits per heavy atom. The number of esters is 1. The van der Waals surface area contributed by atoms with Crippen molar-refractivity contribution in [1.29, 1.82) is 0 Å². The van der Waals surface area contributed by atoms with Gasteiger partial charge in [-0.25, -0.2) is 4.39 Å². The lowest BCUT2D eigenvalue weighted by molar-refractivity contribution is -0.147. The highest BCUT2D eigenvalue weighted by molar-refractivity contribution is 6.31. The summed E-state index contributed by atoms with van der Waals surface area (Å²) in [5, 5.41) is 0.302. The quantitative estimate of drug-likeness (QED) is 0.822. The van der Waals surface area contributed by atoms with Crippen molar-refractivity contribution in [3.8, 4) is 0 Å². The van der Waals surface area contributed by atoms with Gasteiger partial charge in [0.2, 0.25) is 0 Å². The van der Waals surface area contributed by atoms with Gasteiger partial charge in [-0.1, -0.05) is 29.8 Å². The molecule has 1 rings (SSSR count). The van der Waals surface area contributed by atoms with Crippen molar-refractivity contribution in [3.63, 3.8) is 0 Å². The maximum atomic E-state index is 13.2. The summed E-state index contributed by atoms with van der Waals surface area (Å²) in [4.78, 5) is 11.6. The first-order chi connectivity index (χ1) is 7.62. The van der Waals surface area contributed by atoms with E-state index in [0.717, 1.165) is 0 Å². The molecule has 16 heavy (non-hydrogen) atoms. The second-order valence-electron chi connectivity index (χ2n) is 3.39. The van der Waals surface area contributed by atoms with Crippen LogP contribution in [0.15, 0.2) is 24.3 Å². The molecule has 0 saturated carbocycles. The molecule has 5 heteroatoms. The summed E-state index contributed by atoms with van der Waals surface area (Å²) in [6, 6.07) is 6.53. The molecule has 1 unspecified atom stereocenters. The van der Waals surface area contributed by atoms with E-state index in [0.29, 0.717) is 10.6 Å². The second kappa shape index (κ2) is 5.27. The Hall–Kier alpha value is -1.13. The molecule has 0 radical (unpaired) electrons. The molecule has 88 valence electrons. The molecule has 1 aromatic rings. The largest absolute Gasteiger partial charge is 0.468 e. The number of carbonyl (C=O) groups excluding carboxylic acids is 1. The number of alkyl halides is 1. The molecule has 2 N–H and O–H groups in total. The number of rotatable bonds is 4. The zero-order chi connectivity index (χ0) is 12.2. The molecule has 0 saturated heterocycles. The number of carbonyl (C=O) groups is 1. The first-order valence-electron chi connectivity index (χ1n) is 4.72. The zero-order valence-corrected chi connectivity index (χ0v) is 9.63. The maximum Gasteiger partial charge on any atom is 0.320 e. The molecule has 0 aromatic heterocycles. The summed E-state index contributed by atoms with van der Waals surface area (Å²) in [6.45, 7) is -1.14. The molecular weight excluding hydrogens is 233 g/mol. The molecule has 0 spiro atoms. The van der Waals surface area contributed by atoms with Crippen LogP contribution in [0.4, 0.5) is 4.39 Å². The van der Waals surface area contributed by atoms with Gasteiger partial charge in [0, 0.05) is 11.6 Å². The molecular formula is C11H13ClFNO2. The molecule has 0 aliphatic carbocycles. The van der Waals surface area contributed by atoms with Crippen LogP contribution < -0.4 is 5.73 Å². The average molecular weight is 246 g/mol. The van der Waals surface area contributed by atoms with Crippen molar-refractivity contribution in [2.45, 2.75) is 5.41 Å². The smallest absolute Gasteiger partial charge is 0.320 e. The normalized spacial score (nSPS) is 14.2. The second-order valence-corrected chi connectivity index (χ2v) is 3.80. The van der Waals surface area contributed by atoms with Gasteiger partial charge in [-0.05, 0) is 11.6 Å². The molecule has 0 bridgehead atoms. The summed E-state index contributed by atoms with van der Waals surface area (Å²) >= 11 is 5.94. The standard InChI is InChI=1S/C11H13ClFNO2/c1-16-10(15)11(6-13,7-14)8-4-2-3-5-9(8)12/h2-5H,6-7,14H2,1H3. The molecule has 0 aliphatic rings. The Kier molecular flexibility index (Phi) is 4.26. The molecule has 0 amide bonds. The highest BCUT2D eigenvalue weighted by Crippen LogP contribution is 2.31. The Bertz CT molecular complexity index is 380. The van der Waals surface area contributed by atoms with Gasteiger partial charge in [0.1, 0.15) is 12.1 Å². The SMILES string of the molecule is COC(=O)C(CN)(CF)c1ccccc1Cl. The van der Waals surface area contributed by atoms with Crippen LogP contribution in [0.1, 0.15) is 5.56 Å². The van der Waals surface area contributed by atoms with Gasteiger partial charge < -0.3 is 10.5 Å². The van der Waals surface area contributed by atoms with E-state index >= 15 is 0 Å². The number of benzene rings is 1. The molecule has 0 aliphatic heterocycles. The van der Waals surface area contributed by atoms with E-state index in [2.05, 4.69) is 4.74 Å². The lowest BCUT2D eigenvalue weighted by atomic mass is 9.81. The van der Waals surface area contributed by atoms with Gasteiger partial charge >= 0.3 is 5.97 Å². The minimum atomic E-state index is -1.51. The average Bonchev–Trinajstić information content (AvgIpc) is 2.33. The molecule has 3 nitrogen and oxygen atoms in total. The number of nitrogens with two attached hydrogens (primary N) is 1. The van der Waals surface area contributed by atoms with Crippen LogP contribution in [-0.4, -0.2) is 26.3 Å². The van der Waals surface area contributed by atoms with Crippen LogP contribution in [0.3, 0.4) is 0 Å². The number of methoxy groups -OCH3 is 1. The van der Waals surface area contributed by atoms with Crippen molar-refractivity contribution in [3.05, 3.63) is 34.9 Å². The van der Waals surface area contributed by atoms with Crippen molar-refractivity contribution >= 4 is 17.6 Å². The van der Waals surface area contributed by atoms with Gasteiger partial charge in [0.05, 0.1) is 7.11 Å². The Labute approximate surface area is 98.3 Å². The van der Waals surface area contributed by atoms with Crippen molar-refractivity contribution < 1.29 is 13.9 Å². The van der Waals surface area contributed by atoms with E-state index in [9.17, 15) is 9.18 Å². The van der Waals surface area contributed by atoms with Gasteiger partial charge in [-0.15, -0.1) is 0 Å².